The van der Waals surface area contributed by atoms with Gasteiger partial charge < -0.3 is 5.32 Å². The molecule has 4 heteroatoms. The van der Waals surface area contributed by atoms with Gasteiger partial charge in [0, 0.05) is 25.3 Å². The summed E-state index contributed by atoms with van der Waals surface area (Å²) < 4.78 is 3.25. The van der Waals surface area contributed by atoms with E-state index in [2.05, 4.69) is 53.1 Å². The lowest BCUT2D eigenvalue weighted by Crippen LogP contribution is -2.34. The van der Waals surface area contributed by atoms with Crippen molar-refractivity contribution < 1.29 is 0 Å². The van der Waals surface area contributed by atoms with Crippen molar-refractivity contribution in [2.75, 3.05) is 6.54 Å². The number of halogens is 1. The molecule has 2 rings (SSSR count). The van der Waals surface area contributed by atoms with Crippen molar-refractivity contribution in [2.24, 2.45) is 5.41 Å². The van der Waals surface area contributed by atoms with E-state index in [0.717, 1.165) is 19.1 Å². The van der Waals surface area contributed by atoms with Gasteiger partial charge in [-0.15, -0.1) is 0 Å². The van der Waals surface area contributed by atoms with Gasteiger partial charge in [0.25, 0.3) is 0 Å². The molecule has 1 fully saturated rings. The summed E-state index contributed by atoms with van der Waals surface area (Å²) in [5.41, 5.74) is 0.275. The SMILES string of the molecule is CC(C)(CNC1CC1)Cn1cc(I)cn1. The Labute approximate surface area is 105 Å². The fourth-order valence-electron chi connectivity index (χ4n) is 1.63. The lowest BCUT2D eigenvalue weighted by Gasteiger charge is -2.25. The fourth-order valence-corrected chi connectivity index (χ4v) is 2.07. The van der Waals surface area contributed by atoms with E-state index in [1.807, 2.05) is 10.9 Å². The standard InChI is InChI=1S/C11H18IN3/c1-11(2,7-13-10-3-4-10)8-15-6-9(12)5-14-15/h5-6,10,13H,3-4,7-8H2,1-2H3. The molecule has 0 spiro atoms. The maximum Gasteiger partial charge on any atom is 0.0623 e. The molecule has 1 aliphatic rings. The number of aromatic nitrogens is 2. The van der Waals surface area contributed by atoms with Crippen molar-refractivity contribution in [1.82, 2.24) is 15.1 Å². The van der Waals surface area contributed by atoms with E-state index in [9.17, 15) is 0 Å². The zero-order chi connectivity index (χ0) is 10.9. The minimum Gasteiger partial charge on any atom is -0.313 e. The summed E-state index contributed by atoms with van der Waals surface area (Å²) in [7, 11) is 0. The van der Waals surface area contributed by atoms with Gasteiger partial charge >= 0.3 is 0 Å². The van der Waals surface area contributed by atoms with Crippen molar-refractivity contribution in [2.45, 2.75) is 39.3 Å². The Balaban J connectivity index is 1.84. The molecular weight excluding hydrogens is 301 g/mol. The summed E-state index contributed by atoms with van der Waals surface area (Å²) in [6.45, 7) is 6.64. The highest BCUT2D eigenvalue weighted by Gasteiger charge is 2.25. The predicted octanol–water partition coefficient (Wildman–Crippen LogP) is 2.27. The molecule has 1 saturated carbocycles. The quantitative estimate of drug-likeness (QED) is 0.844. The highest BCUT2D eigenvalue weighted by Crippen LogP contribution is 2.22. The second kappa shape index (κ2) is 4.41. The molecule has 0 radical (unpaired) electrons. The summed E-state index contributed by atoms with van der Waals surface area (Å²) in [4.78, 5) is 0. The molecular formula is C11H18IN3. The van der Waals surface area contributed by atoms with Crippen molar-refractivity contribution in [3.05, 3.63) is 16.0 Å². The average molecular weight is 319 g/mol. The van der Waals surface area contributed by atoms with E-state index in [0.29, 0.717) is 0 Å². The van der Waals surface area contributed by atoms with Crippen LogP contribution in [-0.2, 0) is 6.54 Å². The Kier molecular flexibility index (Phi) is 3.35. The maximum absolute atomic E-state index is 4.33. The Morgan fingerprint density at radius 1 is 1.60 bits per heavy atom. The fraction of sp³-hybridized carbons (Fsp3) is 0.727. The number of rotatable bonds is 5. The lowest BCUT2D eigenvalue weighted by molar-refractivity contribution is 0.275. The summed E-state index contributed by atoms with van der Waals surface area (Å²) in [5, 5.41) is 7.91. The molecule has 0 aromatic carbocycles. The van der Waals surface area contributed by atoms with Crippen LogP contribution in [0.1, 0.15) is 26.7 Å². The van der Waals surface area contributed by atoms with Crippen LogP contribution in [0.4, 0.5) is 0 Å². The van der Waals surface area contributed by atoms with Crippen LogP contribution in [0.3, 0.4) is 0 Å². The normalized spacial score (nSPS) is 17.0. The van der Waals surface area contributed by atoms with Crippen LogP contribution < -0.4 is 5.32 Å². The molecule has 3 nitrogen and oxygen atoms in total. The maximum atomic E-state index is 4.33. The van der Waals surface area contributed by atoms with Gasteiger partial charge in [0.15, 0.2) is 0 Å². The molecule has 1 heterocycles. The van der Waals surface area contributed by atoms with Gasteiger partial charge in [0.2, 0.25) is 0 Å². The van der Waals surface area contributed by atoms with Crippen LogP contribution in [0.2, 0.25) is 0 Å². The van der Waals surface area contributed by atoms with Crippen molar-refractivity contribution in [3.63, 3.8) is 0 Å². The highest BCUT2D eigenvalue weighted by atomic mass is 127. The zero-order valence-electron chi connectivity index (χ0n) is 9.33. The van der Waals surface area contributed by atoms with Gasteiger partial charge in [-0.1, -0.05) is 13.8 Å². The highest BCUT2D eigenvalue weighted by molar-refractivity contribution is 14.1. The van der Waals surface area contributed by atoms with Crippen LogP contribution in [0.15, 0.2) is 12.4 Å². The third kappa shape index (κ3) is 3.75. The van der Waals surface area contributed by atoms with Crippen LogP contribution in [-0.4, -0.2) is 22.4 Å². The molecule has 0 aliphatic heterocycles. The van der Waals surface area contributed by atoms with E-state index in [1.165, 1.54) is 16.4 Å². The smallest absolute Gasteiger partial charge is 0.0623 e. The molecule has 0 unspecified atom stereocenters. The first-order valence-electron chi connectivity index (χ1n) is 5.46. The van der Waals surface area contributed by atoms with Crippen LogP contribution in [0.25, 0.3) is 0 Å². The Hall–Kier alpha value is -0.100. The Morgan fingerprint density at radius 3 is 2.87 bits per heavy atom. The molecule has 15 heavy (non-hydrogen) atoms. The molecule has 84 valence electrons. The Bertz CT molecular complexity index is 328. The summed E-state index contributed by atoms with van der Waals surface area (Å²) in [5.74, 6) is 0. The van der Waals surface area contributed by atoms with Crippen LogP contribution >= 0.6 is 22.6 Å². The van der Waals surface area contributed by atoms with E-state index < -0.39 is 0 Å². The third-order valence-electron chi connectivity index (χ3n) is 2.64. The summed E-state index contributed by atoms with van der Waals surface area (Å²) in [6.07, 6.45) is 6.72. The first-order chi connectivity index (χ1) is 7.05. The number of nitrogens with zero attached hydrogens (tertiary/aromatic N) is 2. The lowest BCUT2D eigenvalue weighted by atomic mass is 9.93. The van der Waals surface area contributed by atoms with Gasteiger partial charge in [-0.2, -0.15) is 5.10 Å². The predicted molar refractivity (Wildman–Crippen MR) is 69.7 cm³/mol. The summed E-state index contributed by atoms with van der Waals surface area (Å²) >= 11 is 2.30. The molecule has 1 N–H and O–H groups in total. The van der Waals surface area contributed by atoms with Gasteiger partial charge in [0.1, 0.15) is 0 Å². The minimum atomic E-state index is 0.275. The topological polar surface area (TPSA) is 29.9 Å². The third-order valence-corrected chi connectivity index (χ3v) is 3.20. The number of hydrogen-bond acceptors (Lipinski definition) is 2. The van der Waals surface area contributed by atoms with Crippen LogP contribution in [0.5, 0.6) is 0 Å². The molecule has 0 saturated heterocycles. The number of nitrogens with one attached hydrogen (secondary N) is 1. The van der Waals surface area contributed by atoms with Gasteiger partial charge in [-0.3, -0.25) is 4.68 Å². The monoisotopic (exact) mass is 319 g/mol. The Morgan fingerprint density at radius 2 is 2.33 bits per heavy atom. The second-order valence-corrected chi connectivity index (χ2v) is 6.42. The minimum absolute atomic E-state index is 0.275. The van der Waals surface area contributed by atoms with Crippen molar-refractivity contribution in [3.8, 4) is 0 Å². The second-order valence-electron chi connectivity index (χ2n) is 5.18. The first kappa shape index (κ1) is 11.4. The van der Waals surface area contributed by atoms with Crippen molar-refractivity contribution >= 4 is 22.6 Å². The average Bonchev–Trinajstić information content (AvgIpc) is 2.88. The molecule has 1 aliphatic carbocycles. The van der Waals surface area contributed by atoms with Gasteiger partial charge in [-0.25, -0.2) is 0 Å². The van der Waals surface area contributed by atoms with E-state index in [1.54, 1.807) is 0 Å². The zero-order valence-corrected chi connectivity index (χ0v) is 11.5. The first-order valence-corrected chi connectivity index (χ1v) is 6.54. The largest absolute Gasteiger partial charge is 0.313 e. The molecule has 1 aromatic rings. The van der Waals surface area contributed by atoms with Gasteiger partial charge in [-0.05, 0) is 40.8 Å². The molecule has 1 aromatic heterocycles. The van der Waals surface area contributed by atoms with E-state index >= 15 is 0 Å². The molecule has 0 atom stereocenters. The van der Waals surface area contributed by atoms with E-state index in [4.69, 9.17) is 0 Å². The number of hydrogen-bond donors (Lipinski definition) is 1. The van der Waals surface area contributed by atoms with E-state index in [-0.39, 0.29) is 5.41 Å². The van der Waals surface area contributed by atoms with Crippen molar-refractivity contribution in [1.29, 1.82) is 0 Å². The van der Waals surface area contributed by atoms with Gasteiger partial charge in [0.05, 0.1) is 9.77 Å². The molecule has 0 amide bonds. The molecule has 0 bridgehead atoms. The summed E-state index contributed by atoms with van der Waals surface area (Å²) in [6, 6.07) is 0.794. The van der Waals surface area contributed by atoms with Crippen LogP contribution in [0, 0.1) is 8.99 Å².